The van der Waals surface area contributed by atoms with Gasteiger partial charge in [-0.15, -0.1) is 0 Å². The van der Waals surface area contributed by atoms with E-state index < -0.39 is 0 Å². The van der Waals surface area contributed by atoms with Crippen molar-refractivity contribution in [3.8, 4) is 0 Å². The van der Waals surface area contributed by atoms with Crippen LogP contribution in [0.3, 0.4) is 0 Å². The highest BCUT2D eigenvalue weighted by molar-refractivity contribution is 5.75. The predicted molar refractivity (Wildman–Crippen MR) is 49.0 cm³/mol. The molecule has 0 aromatic carbocycles. The first-order valence-corrected chi connectivity index (χ1v) is 4.19. The van der Waals surface area contributed by atoms with Gasteiger partial charge in [-0.1, -0.05) is 0 Å². The van der Waals surface area contributed by atoms with Crippen LogP contribution in [-0.4, -0.2) is 28.8 Å². The van der Waals surface area contributed by atoms with E-state index in [4.69, 9.17) is 5.73 Å². The highest BCUT2D eigenvalue weighted by atomic mass is 16.2. The van der Waals surface area contributed by atoms with E-state index in [9.17, 15) is 4.79 Å². The number of rotatable bonds is 4. The Morgan fingerprint density at radius 2 is 2.54 bits per heavy atom. The number of nitrogens with zero attached hydrogens (tertiary/aromatic N) is 2. The monoisotopic (exact) mass is 182 g/mol. The average molecular weight is 182 g/mol. The van der Waals surface area contributed by atoms with Crippen molar-refractivity contribution < 1.29 is 4.79 Å². The number of hydrogen-bond donors (Lipinski definition) is 2. The van der Waals surface area contributed by atoms with Gasteiger partial charge in [0.25, 0.3) is 0 Å². The van der Waals surface area contributed by atoms with Crippen LogP contribution in [0.4, 0.5) is 0 Å². The molecule has 0 saturated carbocycles. The van der Waals surface area contributed by atoms with E-state index in [0.717, 1.165) is 5.69 Å². The summed E-state index contributed by atoms with van der Waals surface area (Å²) in [5.74, 6) is -0.0615. The molecule has 0 spiro atoms. The van der Waals surface area contributed by atoms with Crippen molar-refractivity contribution in [3.63, 3.8) is 0 Å². The molecule has 0 fully saturated rings. The lowest BCUT2D eigenvalue weighted by molar-refractivity contribution is -0.121. The second-order valence-corrected chi connectivity index (χ2v) is 2.79. The molecule has 1 aromatic rings. The quantitative estimate of drug-likeness (QED) is 0.644. The van der Waals surface area contributed by atoms with E-state index in [-0.39, 0.29) is 12.5 Å². The van der Waals surface area contributed by atoms with Crippen LogP contribution in [0.2, 0.25) is 0 Å². The molecule has 0 aliphatic rings. The summed E-state index contributed by atoms with van der Waals surface area (Å²) in [6, 6.07) is 1.86. The number of carbonyl (C=O) groups is 1. The fraction of sp³-hybridized carbons (Fsp3) is 0.500. The third kappa shape index (κ3) is 3.25. The van der Waals surface area contributed by atoms with Crippen molar-refractivity contribution in [2.45, 2.75) is 13.5 Å². The van der Waals surface area contributed by atoms with Gasteiger partial charge in [-0.05, 0) is 13.0 Å². The molecule has 72 valence electrons. The largest absolute Gasteiger partial charge is 0.353 e. The molecule has 5 heteroatoms. The highest BCUT2D eigenvalue weighted by Crippen LogP contribution is 1.91. The minimum absolute atomic E-state index is 0.0615. The lowest BCUT2D eigenvalue weighted by atomic mass is 10.5. The Balaban J connectivity index is 2.36. The Morgan fingerprint density at radius 3 is 3.08 bits per heavy atom. The van der Waals surface area contributed by atoms with Crippen LogP contribution in [0.1, 0.15) is 5.69 Å². The van der Waals surface area contributed by atoms with E-state index in [0.29, 0.717) is 13.1 Å². The smallest absolute Gasteiger partial charge is 0.241 e. The van der Waals surface area contributed by atoms with Crippen molar-refractivity contribution in [1.29, 1.82) is 0 Å². The zero-order valence-corrected chi connectivity index (χ0v) is 7.66. The standard InChI is InChI=1S/C8H14N4O/c1-7-2-5-12(11-7)6-8(13)10-4-3-9/h2,5H,3-4,6,9H2,1H3,(H,10,13). The maximum absolute atomic E-state index is 11.2. The maximum Gasteiger partial charge on any atom is 0.241 e. The summed E-state index contributed by atoms with van der Waals surface area (Å²) in [5.41, 5.74) is 6.15. The van der Waals surface area contributed by atoms with Gasteiger partial charge in [-0.25, -0.2) is 0 Å². The fourth-order valence-electron chi connectivity index (χ4n) is 0.966. The molecule has 0 aliphatic carbocycles. The van der Waals surface area contributed by atoms with Crippen LogP contribution in [0, 0.1) is 6.92 Å². The highest BCUT2D eigenvalue weighted by Gasteiger charge is 2.01. The number of aromatic nitrogens is 2. The number of aryl methyl sites for hydroxylation is 1. The van der Waals surface area contributed by atoms with Crippen LogP contribution >= 0.6 is 0 Å². The van der Waals surface area contributed by atoms with Crippen LogP contribution in [-0.2, 0) is 11.3 Å². The SMILES string of the molecule is Cc1ccn(CC(=O)NCCN)n1. The third-order valence-corrected chi connectivity index (χ3v) is 1.55. The minimum Gasteiger partial charge on any atom is -0.353 e. The first-order chi connectivity index (χ1) is 6.22. The molecule has 5 nitrogen and oxygen atoms in total. The number of amides is 1. The first-order valence-electron chi connectivity index (χ1n) is 4.19. The van der Waals surface area contributed by atoms with E-state index >= 15 is 0 Å². The number of nitrogens with one attached hydrogen (secondary N) is 1. The first kappa shape index (κ1) is 9.73. The Bertz CT molecular complexity index is 281. The topological polar surface area (TPSA) is 72.9 Å². The number of hydrogen-bond acceptors (Lipinski definition) is 3. The van der Waals surface area contributed by atoms with Gasteiger partial charge in [0.1, 0.15) is 6.54 Å². The summed E-state index contributed by atoms with van der Waals surface area (Å²) >= 11 is 0. The molecule has 0 bridgehead atoms. The van der Waals surface area contributed by atoms with Crippen LogP contribution in [0.15, 0.2) is 12.3 Å². The van der Waals surface area contributed by atoms with E-state index in [1.54, 1.807) is 10.9 Å². The molecular weight excluding hydrogens is 168 g/mol. The summed E-state index contributed by atoms with van der Waals surface area (Å²) in [5, 5.41) is 6.75. The lowest BCUT2D eigenvalue weighted by Gasteiger charge is -2.02. The molecule has 0 atom stereocenters. The van der Waals surface area contributed by atoms with Crippen molar-refractivity contribution in [3.05, 3.63) is 18.0 Å². The molecule has 1 amide bonds. The van der Waals surface area contributed by atoms with Gasteiger partial charge < -0.3 is 11.1 Å². The van der Waals surface area contributed by atoms with Crippen LogP contribution in [0.25, 0.3) is 0 Å². The van der Waals surface area contributed by atoms with Gasteiger partial charge in [0.15, 0.2) is 0 Å². The van der Waals surface area contributed by atoms with Gasteiger partial charge in [-0.2, -0.15) is 5.10 Å². The molecule has 3 N–H and O–H groups in total. The normalized spacial score (nSPS) is 10.0. The Morgan fingerprint density at radius 1 is 1.77 bits per heavy atom. The summed E-state index contributed by atoms with van der Waals surface area (Å²) in [6.07, 6.45) is 1.78. The summed E-state index contributed by atoms with van der Waals surface area (Å²) in [6.45, 7) is 3.12. The van der Waals surface area contributed by atoms with Gasteiger partial charge >= 0.3 is 0 Å². The average Bonchev–Trinajstić information content (AvgIpc) is 2.48. The molecule has 0 radical (unpaired) electrons. The Hall–Kier alpha value is -1.36. The Kier molecular flexibility index (Phi) is 3.45. The summed E-state index contributed by atoms with van der Waals surface area (Å²) in [7, 11) is 0. The number of nitrogens with two attached hydrogens (primary N) is 1. The lowest BCUT2D eigenvalue weighted by Crippen LogP contribution is -2.32. The molecule has 1 aromatic heterocycles. The predicted octanol–water partition coefficient (Wildman–Crippen LogP) is -0.734. The van der Waals surface area contributed by atoms with E-state index in [1.807, 2.05) is 13.0 Å². The third-order valence-electron chi connectivity index (χ3n) is 1.55. The summed E-state index contributed by atoms with van der Waals surface area (Å²) in [4.78, 5) is 11.2. The maximum atomic E-state index is 11.2. The molecule has 0 aliphatic heterocycles. The molecule has 13 heavy (non-hydrogen) atoms. The van der Waals surface area contributed by atoms with Crippen molar-refractivity contribution in [2.75, 3.05) is 13.1 Å². The fourth-order valence-corrected chi connectivity index (χ4v) is 0.966. The molecule has 0 unspecified atom stereocenters. The minimum atomic E-state index is -0.0615. The zero-order valence-electron chi connectivity index (χ0n) is 7.66. The Labute approximate surface area is 76.9 Å². The second-order valence-electron chi connectivity index (χ2n) is 2.79. The summed E-state index contributed by atoms with van der Waals surface area (Å²) < 4.78 is 1.60. The van der Waals surface area contributed by atoms with Gasteiger partial charge in [0, 0.05) is 19.3 Å². The van der Waals surface area contributed by atoms with E-state index in [2.05, 4.69) is 10.4 Å². The zero-order chi connectivity index (χ0) is 9.68. The van der Waals surface area contributed by atoms with Crippen molar-refractivity contribution in [2.24, 2.45) is 5.73 Å². The van der Waals surface area contributed by atoms with Gasteiger partial charge in [-0.3, -0.25) is 9.48 Å². The molecular formula is C8H14N4O. The molecule has 0 saturated heterocycles. The van der Waals surface area contributed by atoms with Crippen molar-refractivity contribution in [1.82, 2.24) is 15.1 Å². The van der Waals surface area contributed by atoms with Gasteiger partial charge in [0.05, 0.1) is 5.69 Å². The number of carbonyl (C=O) groups excluding carboxylic acids is 1. The van der Waals surface area contributed by atoms with Crippen LogP contribution in [0.5, 0.6) is 0 Å². The molecule has 1 rings (SSSR count). The van der Waals surface area contributed by atoms with Crippen LogP contribution < -0.4 is 11.1 Å². The molecule has 1 heterocycles. The van der Waals surface area contributed by atoms with Gasteiger partial charge in [0.2, 0.25) is 5.91 Å². The van der Waals surface area contributed by atoms with E-state index in [1.165, 1.54) is 0 Å². The van der Waals surface area contributed by atoms with Crippen molar-refractivity contribution >= 4 is 5.91 Å². The second kappa shape index (κ2) is 4.61.